The van der Waals surface area contributed by atoms with Crippen molar-refractivity contribution in [2.45, 2.75) is 38.1 Å². The minimum atomic E-state index is -0.477. The predicted molar refractivity (Wildman–Crippen MR) is 83.5 cm³/mol. The lowest BCUT2D eigenvalue weighted by molar-refractivity contribution is 0.0697. The summed E-state index contributed by atoms with van der Waals surface area (Å²) in [5.41, 5.74) is 0.0567. The summed E-state index contributed by atoms with van der Waals surface area (Å²) < 4.78 is 0. The number of carbonyl (C=O) groups excluding carboxylic acids is 1. The van der Waals surface area contributed by atoms with Crippen molar-refractivity contribution < 1.29 is 9.90 Å². The molecule has 1 fully saturated rings. The molecule has 21 heavy (non-hydrogen) atoms. The molecule has 1 heterocycles. The van der Waals surface area contributed by atoms with E-state index in [1.54, 1.807) is 12.3 Å². The number of amides is 1. The first-order valence-corrected chi connectivity index (χ1v) is 7.52. The van der Waals surface area contributed by atoms with Crippen molar-refractivity contribution in [1.29, 1.82) is 0 Å². The van der Waals surface area contributed by atoms with E-state index in [0.29, 0.717) is 11.5 Å². The normalized spacial score (nSPS) is 25.4. The second-order valence-corrected chi connectivity index (χ2v) is 6.39. The van der Waals surface area contributed by atoms with Crippen molar-refractivity contribution in [3.63, 3.8) is 0 Å². The Morgan fingerprint density at radius 1 is 1.52 bits per heavy atom. The molecule has 1 saturated carbocycles. The fraction of sp³-hybridized carbons (Fsp3) is 0.625. The van der Waals surface area contributed by atoms with Crippen molar-refractivity contribution in [2.75, 3.05) is 25.6 Å². The third-order valence-electron chi connectivity index (χ3n) is 4.24. The van der Waals surface area contributed by atoms with Gasteiger partial charge >= 0.3 is 0 Å². The van der Waals surface area contributed by atoms with Gasteiger partial charge in [0.05, 0.1) is 17.7 Å². The molecule has 1 aliphatic carbocycles. The van der Waals surface area contributed by atoms with Crippen molar-refractivity contribution in [3.8, 4) is 0 Å². The number of carbonyl (C=O) groups is 1. The van der Waals surface area contributed by atoms with Gasteiger partial charge in [0.25, 0.3) is 5.91 Å². The molecule has 1 aromatic rings. The Morgan fingerprint density at radius 3 is 2.81 bits per heavy atom. The van der Waals surface area contributed by atoms with Gasteiger partial charge in [0, 0.05) is 20.3 Å². The average Bonchev–Trinajstić information content (AvgIpc) is 2.47. The van der Waals surface area contributed by atoms with E-state index in [-0.39, 0.29) is 12.5 Å². The molecule has 1 amide bonds. The van der Waals surface area contributed by atoms with E-state index < -0.39 is 5.54 Å². The SMILES string of the molecule is CC1CCCC(CO)(NC(=O)c2ccc(N(C)C)nc2)C1. The molecule has 0 aliphatic heterocycles. The summed E-state index contributed by atoms with van der Waals surface area (Å²) in [6.07, 6.45) is 5.46. The average molecular weight is 291 g/mol. The van der Waals surface area contributed by atoms with Crippen LogP contribution in [0.25, 0.3) is 0 Å². The lowest BCUT2D eigenvalue weighted by Gasteiger charge is -2.39. The highest BCUT2D eigenvalue weighted by atomic mass is 16.3. The molecule has 2 N–H and O–H groups in total. The number of pyridine rings is 1. The van der Waals surface area contributed by atoms with E-state index in [2.05, 4.69) is 17.2 Å². The quantitative estimate of drug-likeness (QED) is 0.888. The van der Waals surface area contributed by atoms with Crippen LogP contribution in [0.4, 0.5) is 5.82 Å². The number of aliphatic hydroxyl groups is 1. The van der Waals surface area contributed by atoms with Crippen molar-refractivity contribution >= 4 is 11.7 Å². The first-order valence-electron chi connectivity index (χ1n) is 7.52. The van der Waals surface area contributed by atoms with E-state index in [0.717, 1.165) is 31.5 Å². The van der Waals surface area contributed by atoms with Gasteiger partial charge in [-0.25, -0.2) is 4.98 Å². The lowest BCUT2D eigenvalue weighted by Crippen LogP contribution is -2.53. The van der Waals surface area contributed by atoms with Gasteiger partial charge in [-0.3, -0.25) is 4.79 Å². The fourth-order valence-corrected chi connectivity index (χ4v) is 3.05. The summed E-state index contributed by atoms with van der Waals surface area (Å²) in [5, 5.41) is 12.8. The molecule has 0 saturated heterocycles. The molecule has 2 rings (SSSR count). The molecule has 1 aromatic heterocycles. The zero-order valence-electron chi connectivity index (χ0n) is 13.1. The molecular weight excluding hydrogens is 266 g/mol. The van der Waals surface area contributed by atoms with Crippen LogP contribution < -0.4 is 10.2 Å². The van der Waals surface area contributed by atoms with Crippen LogP contribution >= 0.6 is 0 Å². The van der Waals surface area contributed by atoms with E-state index in [1.807, 2.05) is 25.1 Å². The summed E-state index contributed by atoms with van der Waals surface area (Å²) in [6, 6.07) is 3.60. The number of aromatic nitrogens is 1. The first-order chi connectivity index (χ1) is 9.96. The molecule has 0 aromatic carbocycles. The third-order valence-corrected chi connectivity index (χ3v) is 4.24. The van der Waals surface area contributed by atoms with Gasteiger partial charge < -0.3 is 15.3 Å². The predicted octanol–water partition coefficient (Wildman–Crippen LogP) is 1.82. The second-order valence-electron chi connectivity index (χ2n) is 6.39. The zero-order valence-corrected chi connectivity index (χ0v) is 13.1. The van der Waals surface area contributed by atoms with Crippen LogP contribution in [0.1, 0.15) is 43.0 Å². The highest BCUT2D eigenvalue weighted by molar-refractivity contribution is 5.94. The van der Waals surface area contributed by atoms with Crippen LogP contribution in [-0.4, -0.2) is 42.2 Å². The van der Waals surface area contributed by atoms with Gasteiger partial charge in [0.2, 0.25) is 0 Å². The van der Waals surface area contributed by atoms with Crippen molar-refractivity contribution in [1.82, 2.24) is 10.3 Å². The molecule has 0 spiro atoms. The minimum Gasteiger partial charge on any atom is -0.394 e. The number of hydrogen-bond acceptors (Lipinski definition) is 4. The topological polar surface area (TPSA) is 65.5 Å². The van der Waals surface area contributed by atoms with Crippen LogP contribution in [0.2, 0.25) is 0 Å². The monoisotopic (exact) mass is 291 g/mol. The molecule has 0 radical (unpaired) electrons. The third kappa shape index (κ3) is 3.73. The Balaban J connectivity index is 2.08. The lowest BCUT2D eigenvalue weighted by atomic mass is 9.76. The molecule has 5 nitrogen and oxygen atoms in total. The standard InChI is InChI=1S/C16H25N3O2/c1-12-5-4-8-16(9-12,11-20)18-15(21)13-6-7-14(17-10-13)19(2)3/h6-7,10,12,20H,4-5,8-9,11H2,1-3H3,(H,18,21). The largest absolute Gasteiger partial charge is 0.394 e. The molecule has 5 heteroatoms. The summed E-state index contributed by atoms with van der Waals surface area (Å²) in [4.78, 5) is 18.5. The van der Waals surface area contributed by atoms with Crippen LogP contribution in [0.5, 0.6) is 0 Å². The van der Waals surface area contributed by atoms with Gasteiger partial charge in [-0.2, -0.15) is 0 Å². The van der Waals surface area contributed by atoms with Crippen LogP contribution in [0, 0.1) is 5.92 Å². The van der Waals surface area contributed by atoms with Gasteiger partial charge in [0.1, 0.15) is 5.82 Å². The van der Waals surface area contributed by atoms with Crippen molar-refractivity contribution in [3.05, 3.63) is 23.9 Å². The number of rotatable bonds is 4. The number of nitrogens with one attached hydrogen (secondary N) is 1. The van der Waals surface area contributed by atoms with E-state index in [1.165, 1.54) is 0 Å². The first kappa shape index (κ1) is 15.8. The Morgan fingerprint density at radius 2 is 2.29 bits per heavy atom. The Kier molecular flexibility index (Phi) is 4.83. The minimum absolute atomic E-state index is 0.00765. The van der Waals surface area contributed by atoms with E-state index >= 15 is 0 Å². The molecule has 116 valence electrons. The molecular formula is C16H25N3O2. The number of hydrogen-bond donors (Lipinski definition) is 2. The number of aliphatic hydroxyl groups excluding tert-OH is 1. The summed E-state index contributed by atoms with van der Waals surface area (Å²) in [7, 11) is 3.82. The maximum atomic E-state index is 12.4. The van der Waals surface area contributed by atoms with E-state index in [9.17, 15) is 9.90 Å². The van der Waals surface area contributed by atoms with Crippen molar-refractivity contribution in [2.24, 2.45) is 5.92 Å². The Hall–Kier alpha value is -1.62. The summed E-state index contributed by atoms with van der Waals surface area (Å²) >= 11 is 0. The zero-order chi connectivity index (χ0) is 15.5. The highest BCUT2D eigenvalue weighted by Crippen LogP contribution is 2.32. The Bertz CT molecular complexity index is 487. The molecule has 0 bridgehead atoms. The fourth-order valence-electron chi connectivity index (χ4n) is 3.05. The van der Waals surface area contributed by atoms with Gasteiger partial charge in [-0.15, -0.1) is 0 Å². The maximum Gasteiger partial charge on any atom is 0.253 e. The highest BCUT2D eigenvalue weighted by Gasteiger charge is 2.35. The van der Waals surface area contributed by atoms with Gasteiger partial charge in [-0.1, -0.05) is 19.8 Å². The van der Waals surface area contributed by atoms with Crippen LogP contribution in [0.15, 0.2) is 18.3 Å². The van der Waals surface area contributed by atoms with Gasteiger partial charge in [-0.05, 0) is 30.9 Å². The summed E-state index contributed by atoms with van der Waals surface area (Å²) in [6.45, 7) is 2.16. The molecule has 1 aliphatic rings. The second kappa shape index (κ2) is 6.43. The van der Waals surface area contributed by atoms with E-state index in [4.69, 9.17) is 0 Å². The van der Waals surface area contributed by atoms with Gasteiger partial charge in [0.15, 0.2) is 0 Å². The smallest absolute Gasteiger partial charge is 0.253 e. The molecule has 2 unspecified atom stereocenters. The maximum absolute atomic E-state index is 12.4. The van der Waals surface area contributed by atoms with Crippen LogP contribution in [-0.2, 0) is 0 Å². The molecule has 2 atom stereocenters. The Labute approximate surface area is 126 Å². The number of anilines is 1. The number of nitrogens with zero attached hydrogens (tertiary/aromatic N) is 2. The van der Waals surface area contributed by atoms with Crippen LogP contribution in [0.3, 0.4) is 0 Å². The summed E-state index contributed by atoms with van der Waals surface area (Å²) in [5.74, 6) is 1.19.